The average Bonchev–Trinajstić information content (AvgIpc) is 2.75. The second-order valence-electron chi connectivity index (χ2n) is 7.62. The number of hydrogen-bond acceptors (Lipinski definition) is 5. The fraction of sp³-hybridized carbons (Fsp3) is 0.167. The van der Waals surface area contributed by atoms with Crippen LogP contribution >= 0.6 is 11.6 Å². The molecule has 172 valence electrons. The summed E-state index contributed by atoms with van der Waals surface area (Å²) in [6.07, 6.45) is 0.973. The second-order valence-corrected chi connectivity index (χ2v) is 9.63. The third kappa shape index (κ3) is 7.34. The van der Waals surface area contributed by atoms with Crippen LogP contribution in [0.4, 0.5) is 10.5 Å². The van der Waals surface area contributed by atoms with Gasteiger partial charge in [0.05, 0.1) is 12.0 Å². The van der Waals surface area contributed by atoms with E-state index >= 15 is 0 Å². The maximum absolute atomic E-state index is 12.4. The van der Waals surface area contributed by atoms with Crippen LogP contribution in [0.25, 0.3) is 0 Å². The quantitative estimate of drug-likeness (QED) is 0.267. The zero-order chi connectivity index (χ0) is 24.0. The highest BCUT2D eigenvalue weighted by molar-refractivity contribution is 7.86. The van der Waals surface area contributed by atoms with Crippen molar-refractivity contribution in [2.45, 2.75) is 19.8 Å². The maximum atomic E-state index is 12.4. The Morgan fingerprint density at radius 1 is 0.909 bits per heavy atom. The first kappa shape index (κ1) is 24.3. The summed E-state index contributed by atoms with van der Waals surface area (Å²) in [5.74, 6) is 0.570. The van der Waals surface area contributed by atoms with Crippen LogP contribution in [0, 0.1) is 0 Å². The Kier molecular flexibility index (Phi) is 7.73. The molecule has 0 bridgehead atoms. The minimum atomic E-state index is -3.64. The molecule has 0 aliphatic heterocycles. The van der Waals surface area contributed by atoms with Crippen molar-refractivity contribution in [1.82, 2.24) is 5.43 Å². The van der Waals surface area contributed by atoms with Crippen LogP contribution in [0.3, 0.4) is 0 Å². The number of carbonyl (C=O) groups is 1. The van der Waals surface area contributed by atoms with Gasteiger partial charge in [0.2, 0.25) is 0 Å². The molecule has 0 radical (unpaired) electrons. The van der Waals surface area contributed by atoms with Gasteiger partial charge in [-0.15, -0.1) is 0 Å². The largest absolute Gasteiger partial charge is 0.383 e. The van der Waals surface area contributed by atoms with Crippen LogP contribution in [0.1, 0.15) is 36.5 Å². The van der Waals surface area contributed by atoms with Crippen LogP contribution in [-0.4, -0.2) is 26.4 Å². The van der Waals surface area contributed by atoms with Crippen molar-refractivity contribution < 1.29 is 17.4 Å². The summed E-state index contributed by atoms with van der Waals surface area (Å²) in [7, 11) is -3.64. The molecule has 3 rings (SSSR count). The molecule has 0 saturated heterocycles. The predicted octanol–water partition coefficient (Wildman–Crippen LogP) is 5.38. The van der Waals surface area contributed by atoms with Gasteiger partial charge in [0.1, 0.15) is 5.75 Å². The fourth-order valence-electron chi connectivity index (χ4n) is 2.96. The van der Waals surface area contributed by atoms with Crippen molar-refractivity contribution in [2.24, 2.45) is 5.10 Å². The first-order chi connectivity index (χ1) is 15.6. The number of benzene rings is 3. The highest BCUT2D eigenvalue weighted by Gasteiger charge is 2.11. The Bertz CT molecular complexity index is 1240. The number of hydrogen-bond donors (Lipinski definition) is 2. The molecule has 33 heavy (non-hydrogen) atoms. The number of carbonyl (C=O) groups excluding carboxylic acids is 1. The summed E-state index contributed by atoms with van der Waals surface area (Å²) in [6.45, 7) is 4.20. The van der Waals surface area contributed by atoms with E-state index in [1.165, 1.54) is 17.7 Å². The number of anilines is 1. The molecule has 0 unspecified atom stereocenters. The predicted molar refractivity (Wildman–Crippen MR) is 132 cm³/mol. The number of nitrogens with one attached hydrogen (secondary N) is 2. The molecule has 0 aliphatic rings. The number of rotatable bonds is 7. The smallest absolute Gasteiger partial charge is 0.339 e. The molecule has 0 fully saturated rings. The van der Waals surface area contributed by atoms with Crippen LogP contribution in [-0.2, 0) is 10.1 Å². The molecule has 0 spiro atoms. The Balaban J connectivity index is 1.82. The molecular formula is C24H24ClN3O4S. The Hall–Kier alpha value is -3.36. The summed E-state index contributed by atoms with van der Waals surface area (Å²) < 4.78 is 27.6. The molecule has 0 aromatic heterocycles. The van der Waals surface area contributed by atoms with Crippen molar-refractivity contribution in [3.63, 3.8) is 0 Å². The van der Waals surface area contributed by atoms with Gasteiger partial charge in [0, 0.05) is 21.8 Å². The number of hydrazone groups is 1. The van der Waals surface area contributed by atoms with Gasteiger partial charge < -0.3 is 9.50 Å². The average molecular weight is 486 g/mol. The monoisotopic (exact) mass is 485 g/mol. The summed E-state index contributed by atoms with van der Waals surface area (Å²) in [5.41, 5.74) is 6.13. The van der Waals surface area contributed by atoms with Gasteiger partial charge in [-0.25, -0.2) is 10.2 Å². The lowest BCUT2D eigenvalue weighted by atomic mass is 10.0. The van der Waals surface area contributed by atoms with E-state index in [4.69, 9.17) is 15.8 Å². The van der Waals surface area contributed by atoms with Crippen LogP contribution < -0.4 is 14.9 Å². The lowest BCUT2D eigenvalue weighted by Gasteiger charge is -2.11. The van der Waals surface area contributed by atoms with E-state index in [9.17, 15) is 13.2 Å². The topological polar surface area (TPSA) is 96.9 Å². The third-order valence-electron chi connectivity index (χ3n) is 4.60. The standard InChI is InChI=1S/C24H24ClN3O4S/c1-16(2)17-6-12-21(13-7-17)26-24(29)28-27-23(18-4-10-20(25)11-5-18)19-8-14-22(15-9-19)32-33(3,30)31/h4-16H,1-3H3,(H2,26,28,29)/b27-23-. The lowest BCUT2D eigenvalue weighted by molar-refractivity contribution is 0.252. The molecule has 0 heterocycles. The van der Waals surface area contributed by atoms with E-state index in [2.05, 4.69) is 29.7 Å². The Morgan fingerprint density at radius 3 is 1.97 bits per heavy atom. The lowest BCUT2D eigenvalue weighted by Crippen LogP contribution is -2.26. The SMILES string of the molecule is CC(C)c1ccc(NC(=O)N/N=C(/c2ccc(Cl)cc2)c2ccc(OS(C)(=O)=O)cc2)cc1. The molecule has 3 aromatic rings. The van der Waals surface area contributed by atoms with Gasteiger partial charge in [-0.05, 0) is 60.0 Å². The van der Waals surface area contributed by atoms with Gasteiger partial charge in [0.25, 0.3) is 0 Å². The van der Waals surface area contributed by atoms with Gasteiger partial charge in [-0.2, -0.15) is 13.5 Å². The molecule has 7 nitrogen and oxygen atoms in total. The minimum absolute atomic E-state index is 0.173. The van der Waals surface area contributed by atoms with E-state index in [0.29, 0.717) is 33.5 Å². The normalized spacial score (nSPS) is 11.8. The molecule has 2 N–H and O–H groups in total. The molecule has 9 heteroatoms. The van der Waals surface area contributed by atoms with E-state index in [1.54, 1.807) is 36.4 Å². The maximum Gasteiger partial charge on any atom is 0.339 e. The molecule has 0 aliphatic carbocycles. The minimum Gasteiger partial charge on any atom is -0.383 e. The summed E-state index contributed by atoms with van der Waals surface area (Å²) in [6, 6.07) is 20.4. The van der Waals surface area contributed by atoms with E-state index in [1.807, 2.05) is 24.3 Å². The van der Waals surface area contributed by atoms with Gasteiger partial charge in [-0.1, -0.05) is 49.7 Å². The number of halogens is 1. The summed E-state index contributed by atoms with van der Waals surface area (Å²) in [5, 5.41) is 7.60. The van der Waals surface area contributed by atoms with E-state index in [0.717, 1.165) is 6.26 Å². The number of urea groups is 1. The van der Waals surface area contributed by atoms with E-state index in [-0.39, 0.29) is 5.75 Å². The Labute approximate surface area is 198 Å². The first-order valence-electron chi connectivity index (χ1n) is 10.1. The van der Waals surface area contributed by atoms with Crippen molar-refractivity contribution in [1.29, 1.82) is 0 Å². The first-order valence-corrected chi connectivity index (χ1v) is 12.3. The molecule has 0 saturated carbocycles. The Morgan fingerprint density at radius 2 is 1.45 bits per heavy atom. The van der Waals surface area contributed by atoms with Gasteiger partial charge >= 0.3 is 16.1 Å². The van der Waals surface area contributed by atoms with E-state index < -0.39 is 16.1 Å². The van der Waals surface area contributed by atoms with Crippen molar-refractivity contribution in [2.75, 3.05) is 11.6 Å². The second kappa shape index (κ2) is 10.5. The zero-order valence-corrected chi connectivity index (χ0v) is 19.9. The molecule has 0 atom stereocenters. The zero-order valence-electron chi connectivity index (χ0n) is 18.4. The number of amides is 2. The van der Waals surface area contributed by atoms with Crippen LogP contribution in [0.2, 0.25) is 5.02 Å². The molecule has 2 amide bonds. The molecular weight excluding hydrogens is 462 g/mol. The van der Waals surface area contributed by atoms with Crippen molar-refractivity contribution >= 4 is 39.1 Å². The van der Waals surface area contributed by atoms with Gasteiger partial charge in [-0.3, -0.25) is 0 Å². The van der Waals surface area contributed by atoms with Crippen LogP contribution in [0.5, 0.6) is 5.75 Å². The molecule has 3 aromatic carbocycles. The fourth-order valence-corrected chi connectivity index (χ4v) is 3.55. The highest BCUT2D eigenvalue weighted by Crippen LogP contribution is 2.19. The third-order valence-corrected chi connectivity index (χ3v) is 5.34. The van der Waals surface area contributed by atoms with Crippen LogP contribution in [0.15, 0.2) is 77.9 Å². The van der Waals surface area contributed by atoms with Gasteiger partial charge in [0.15, 0.2) is 0 Å². The van der Waals surface area contributed by atoms with Crippen molar-refractivity contribution in [3.05, 3.63) is 94.5 Å². The number of nitrogens with zero attached hydrogens (tertiary/aromatic N) is 1. The highest BCUT2D eigenvalue weighted by atomic mass is 35.5. The summed E-state index contributed by atoms with van der Waals surface area (Å²) in [4.78, 5) is 12.4. The summed E-state index contributed by atoms with van der Waals surface area (Å²) >= 11 is 6.00. The van der Waals surface area contributed by atoms with Crippen molar-refractivity contribution in [3.8, 4) is 5.75 Å².